The predicted octanol–water partition coefficient (Wildman–Crippen LogP) is 3.29. The molecule has 0 spiro atoms. The summed E-state index contributed by atoms with van der Waals surface area (Å²) in [4.78, 5) is 15.8. The molecule has 7 heteroatoms. The number of halogens is 2. The lowest BCUT2D eigenvalue weighted by Gasteiger charge is -2.07. The first-order valence-electron chi connectivity index (χ1n) is 5.43. The summed E-state index contributed by atoms with van der Waals surface area (Å²) in [6.07, 6.45) is 1.67. The Balaban J connectivity index is 2.01. The Morgan fingerprint density at radius 3 is 2.95 bits per heavy atom. The topological polar surface area (TPSA) is 62.2 Å². The third-order valence-electron chi connectivity index (χ3n) is 2.38. The molecule has 0 atom stereocenters. The van der Waals surface area contributed by atoms with Crippen LogP contribution in [0.5, 0.6) is 0 Å². The largest absolute Gasteiger partial charge is 0.478 e. The van der Waals surface area contributed by atoms with Crippen molar-refractivity contribution in [2.45, 2.75) is 6.42 Å². The molecule has 0 fully saturated rings. The minimum Gasteiger partial charge on any atom is -0.478 e. The normalized spacial score (nSPS) is 10.4. The first-order chi connectivity index (χ1) is 9.06. The SMILES string of the molecule is O=C(O)c1cc(F)cnc1NCCc1ccc(Cl)s1. The minimum absolute atomic E-state index is 0.163. The molecule has 0 aromatic carbocycles. The van der Waals surface area contributed by atoms with E-state index in [2.05, 4.69) is 10.3 Å². The molecule has 0 aliphatic carbocycles. The number of carbonyl (C=O) groups is 1. The van der Waals surface area contributed by atoms with Crippen LogP contribution in [-0.2, 0) is 6.42 Å². The molecule has 2 N–H and O–H groups in total. The fourth-order valence-electron chi connectivity index (χ4n) is 1.53. The van der Waals surface area contributed by atoms with E-state index in [1.165, 1.54) is 11.3 Å². The van der Waals surface area contributed by atoms with Crippen LogP contribution in [-0.4, -0.2) is 22.6 Å². The molecule has 2 aromatic heterocycles. The number of thiophene rings is 1. The monoisotopic (exact) mass is 300 g/mol. The van der Waals surface area contributed by atoms with E-state index in [9.17, 15) is 9.18 Å². The van der Waals surface area contributed by atoms with E-state index in [1.807, 2.05) is 6.07 Å². The van der Waals surface area contributed by atoms with Crippen molar-refractivity contribution in [1.82, 2.24) is 4.98 Å². The Bertz CT molecular complexity index is 603. The van der Waals surface area contributed by atoms with Crippen molar-refractivity contribution in [2.24, 2.45) is 0 Å². The van der Waals surface area contributed by atoms with Gasteiger partial charge in [-0.05, 0) is 24.6 Å². The van der Waals surface area contributed by atoms with Crippen LogP contribution in [0.3, 0.4) is 0 Å². The summed E-state index contributed by atoms with van der Waals surface area (Å²) < 4.78 is 13.6. The number of hydrogen-bond acceptors (Lipinski definition) is 4. The van der Waals surface area contributed by atoms with Crippen LogP contribution in [0.2, 0.25) is 4.34 Å². The maximum absolute atomic E-state index is 12.9. The number of anilines is 1. The second kappa shape index (κ2) is 5.99. The van der Waals surface area contributed by atoms with Crippen LogP contribution in [0.1, 0.15) is 15.2 Å². The van der Waals surface area contributed by atoms with Crippen molar-refractivity contribution in [1.29, 1.82) is 0 Å². The Hall–Kier alpha value is -1.66. The van der Waals surface area contributed by atoms with Crippen molar-refractivity contribution in [3.8, 4) is 0 Å². The van der Waals surface area contributed by atoms with E-state index in [0.717, 1.165) is 17.1 Å². The summed E-state index contributed by atoms with van der Waals surface area (Å²) in [6, 6.07) is 4.66. The molecule has 2 heterocycles. The van der Waals surface area contributed by atoms with Crippen LogP contribution >= 0.6 is 22.9 Å². The molecule has 0 aliphatic heterocycles. The van der Waals surface area contributed by atoms with Gasteiger partial charge in [0, 0.05) is 11.4 Å². The zero-order chi connectivity index (χ0) is 13.8. The lowest BCUT2D eigenvalue weighted by atomic mass is 10.2. The highest BCUT2D eigenvalue weighted by molar-refractivity contribution is 7.16. The summed E-state index contributed by atoms with van der Waals surface area (Å²) in [7, 11) is 0. The Morgan fingerprint density at radius 1 is 1.53 bits per heavy atom. The molecular formula is C12H10ClFN2O2S. The second-order valence-corrected chi connectivity index (χ2v) is 5.54. The molecular weight excluding hydrogens is 291 g/mol. The molecule has 0 saturated carbocycles. The van der Waals surface area contributed by atoms with Crippen molar-refractivity contribution in [2.75, 3.05) is 11.9 Å². The molecule has 0 unspecified atom stereocenters. The maximum atomic E-state index is 12.9. The zero-order valence-corrected chi connectivity index (χ0v) is 11.3. The molecule has 2 aromatic rings. The molecule has 0 bridgehead atoms. The molecule has 0 aliphatic rings. The number of nitrogens with zero attached hydrogens (tertiary/aromatic N) is 1. The van der Waals surface area contributed by atoms with Gasteiger partial charge in [-0.1, -0.05) is 11.6 Å². The van der Waals surface area contributed by atoms with Crippen molar-refractivity contribution < 1.29 is 14.3 Å². The number of aromatic nitrogens is 1. The standard InChI is InChI=1S/C12H10ClFN2O2S/c13-10-2-1-8(19-10)3-4-15-11-9(12(17)18)5-7(14)6-16-11/h1-2,5-6H,3-4H2,(H,15,16)(H,17,18). The Morgan fingerprint density at radius 2 is 2.32 bits per heavy atom. The molecule has 19 heavy (non-hydrogen) atoms. The number of carboxylic acids is 1. The van der Waals surface area contributed by atoms with E-state index in [1.54, 1.807) is 6.07 Å². The highest BCUT2D eigenvalue weighted by Crippen LogP contribution is 2.22. The van der Waals surface area contributed by atoms with Gasteiger partial charge in [-0.25, -0.2) is 14.2 Å². The van der Waals surface area contributed by atoms with Crippen molar-refractivity contribution in [3.63, 3.8) is 0 Å². The highest BCUT2D eigenvalue weighted by Gasteiger charge is 2.12. The van der Waals surface area contributed by atoms with Crippen LogP contribution < -0.4 is 5.32 Å². The molecule has 4 nitrogen and oxygen atoms in total. The Labute approximate surface area is 117 Å². The number of nitrogens with one attached hydrogen (secondary N) is 1. The van der Waals surface area contributed by atoms with E-state index in [4.69, 9.17) is 16.7 Å². The molecule has 0 saturated heterocycles. The summed E-state index contributed by atoms with van der Waals surface area (Å²) in [5.41, 5.74) is -0.177. The number of aromatic carboxylic acids is 1. The van der Waals surface area contributed by atoms with Gasteiger partial charge in [-0.3, -0.25) is 0 Å². The van der Waals surface area contributed by atoms with Gasteiger partial charge in [0.1, 0.15) is 17.2 Å². The third kappa shape index (κ3) is 3.65. The zero-order valence-electron chi connectivity index (χ0n) is 9.69. The van der Waals surface area contributed by atoms with Gasteiger partial charge in [-0.2, -0.15) is 0 Å². The first kappa shape index (κ1) is 13.8. The predicted molar refractivity (Wildman–Crippen MR) is 72.7 cm³/mol. The van der Waals surface area contributed by atoms with E-state index in [-0.39, 0.29) is 11.4 Å². The average molecular weight is 301 g/mol. The lowest BCUT2D eigenvalue weighted by Crippen LogP contribution is -2.11. The fourth-order valence-corrected chi connectivity index (χ4v) is 2.62. The third-order valence-corrected chi connectivity index (χ3v) is 3.67. The molecule has 100 valence electrons. The van der Waals surface area contributed by atoms with E-state index < -0.39 is 11.8 Å². The van der Waals surface area contributed by atoms with Gasteiger partial charge in [0.2, 0.25) is 0 Å². The summed E-state index contributed by atoms with van der Waals surface area (Å²) in [5.74, 6) is -1.72. The fraction of sp³-hybridized carbons (Fsp3) is 0.167. The molecule has 0 amide bonds. The smallest absolute Gasteiger partial charge is 0.339 e. The summed E-state index contributed by atoms with van der Waals surface area (Å²) in [5, 5.41) is 11.8. The summed E-state index contributed by atoms with van der Waals surface area (Å²) >= 11 is 7.27. The molecule has 2 rings (SSSR count). The number of pyridine rings is 1. The first-order valence-corrected chi connectivity index (χ1v) is 6.62. The van der Waals surface area contributed by atoms with Crippen molar-refractivity contribution >= 4 is 34.7 Å². The van der Waals surface area contributed by atoms with Gasteiger partial charge >= 0.3 is 5.97 Å². The minimum atomic E-state index is -1.21. The quantitative estimate of drug-likeness (QED) is 0.889. The van der Waals surface area contributed by atoms with E-state index >= 15 is 0 Å². The number of rotatable bonds is 5. The summed E-state index contributed by atoms with van der Waals surface area (Å²) in [6.45, 7) is 0.496. The molecule has 0 radical (unpaired) electrons. The van der Waals surface area contributed by atoms with Gasteiger partial charge < -0.3 is 10.4 Å². The van der Waals surface area contributed by atoms with Gasteiger partial charge in [-0.15, -0.1) is 11.3 Å². The second-order valence-electron chi connectivity index (χ2n) is 3.74. The van der Waals surface area contributed by atoms with Crippen LogP contribution in [0, 0.1) is 5.82 Å². The average Bonchev–Trinajstić information content (AvgIpc) is 2.77. The van der Waals surface area contributed by atoms with Gasteiger partial charge in [0.05, 0.1) is 10.5 Å². The number of hydrogen-bond donors (Lipinski definition) is 2. The highest BCUT2D eigenvalue weighted by atomic mass is 35.5. The van der Waals surface area contributed by atoms with E-state index in [0.29, 0.717) is 17.3 Å². The van der Waals surface area contributed by atoms with Gasteiger partial charge in [0.15, 0.2) is 0 Å². The van der Waals surface area contributed by atoms with Crippen LogP contribution in [0.15, 0.2) is 24.4 Å². The van der Waals surface area contributed by atoms with Crippen LogP contribution in [0.25, 0.3) is 0 Å². The van der Waals surface area contributed by atoms with Gasteiger partial charge in [0.25, 0.3) is 0 Å². The van der Waals surface area contributed by atoms with Crippen LogP contribution in [0.4, 0.5) is 10.2 Å². The van der Waals surface area contributed by atoms with Crippen molar-refractivity contribution in [3.05, 3.63) is 45.0 Å². The Kier molecular flexibility index (Phi) is 4.34. The maximum Gasteiger partial charge on any atom is 0.339 e. The lowest BCUT2D eigenvalue weighted by molar-refractivity contribution is 0.0697. The number of carboxylic acid groups (broad SMARTS) is 1.